The van der Waals surface area contributed by atoms with E-state index >= 15 is 0 Å². The van der Waals surface area contributed by atoms with Crippen LogP contribution in [0.15, 0.2) is 255 Å². The van der Waals surface area contributed by atoms with Crippen molar-refractivity contribution < 1.29 is 0 Å². The number of anilines is 1. The molecule has 1 aliphatic rings. The minimum atomic E-state index is -0.212. The zero-order valence-corrected chi connectivity index (χ0v) is 39.7. The molecule has 8 aromatic carbocycles. The molecule has 8 aromatic rings. The first-order valence-corrected chi connectivity index (χ1v) is 23.7. The van der Waals surface area contributed by atoms with E-state index in [2.05, 4.69) is 207 Å². The number of hydrogen-bond acceptors (Lipinski definition) is 4. The second kappa shape index (κ2) is 26.4. The maximum atomic E-state index is 7.10. The van der Waals surface area contributed by atoms with Gasteiger partial charge in [-0.1, -0.05) is 209 Å². The van der Waals surface area contributed by atoms with Crippen LogP contribution in [0.2, 0.25) is 0 Å². The van der Waals surface area contributed by atoms with Crippen molar-refractivity contribution in [1.29, 1.82) is 0 Å². The largest absolute Gasteiger partial charge is 0.398 e. The van der Waals surface area contributed by atoms with Crippen molar-refractivity contribution in [2.24, 2.45) is 11.5 Å². The Balaban J connectivity index is 0.000000243. The van der Waals surface area contributed by atoms with Crippen LogP contribution >= 0.6 is 0 Å². The van der Waals surface area contributed by atoms with E-state index in [1.54, 1.807) is 12.2 Å². The van der Waals surface area contributed by atoms with Gasteiger partial charge in [-0.25, -0.2) is 0 Å². The molecule has 0 fully saturated rings. The maximum Gasteiger partial charge on any atom is 0.0534 e. The van der Waals surface area contributed by atoms with E-state index in [9.17, 15) is 0 Å². The average molecular weight is 891 g/mol. The summed E-state index contributed by atoms with van der Waals surface area (Å²) in [6, 6.07) is 71.9. The van der Waals surface area contributed by atoms with Crippen LogP contribution in [-0.4, -0.2) is 0 Å². The molecule has 0 aliphatic heterocycles. The summed E-state index contributed by atoms with van der Waals surface area (Å²) in [6.45, 7) is 12.0. The van der Waals surface area contributed by atoms with E-state index in [0.717, 1.165) is 53.9 Å². The van der Waals surface area contributed by atoms with Crippen molar-refractivity contribution in [3.8, 4) is 44.5 Å². The molecule has 342 valence electrons. The highest BCUT2D eigenvalue weighted by Crippen LogP contribution is 2.35. The van der Waals surface area contributed by atoms with Gasteiger partial charge in [0.1, 0.15) is 0 Å². The quantitative estimate of drug-likeness (QED) is 0.0686. The summed E-state index contributed by atoms with van der Waals surface area (Å²) in [5, 5.41) is 3.72. The van der Waals surface area contributed by atoms with E-state index in [4.69, 9.17) is 17.2 Å². The van der Waals surface area contributed by atoms with Gasteiger partial charge in [-0.2, -0.15) is 0 Å². The lowest BCUT2D eigenvalue weighted by Gasteiger charge is -2.24. The number of allylic oxidation sites excluding steroid dienone is 4. The summed E-state index contributed by atoms with van der Waals surface area (Å²) >= 11 is 0. The number of nitrogen functional groups attached to an aromatic ring is 1. The Hall–Kier alpha value is -7.76. The lowest BCUT2D eigenvalue weighted by Crippen LogP contribution is -2.22. The first-order chi connectivity index (χ1) is 33.4. The van der Waals surface area contributed by atoms with E-state index < -0.39 is 0 Å². The Morgan fingerprint density at radius 3 is 1.44 bits per heavy atom. The molecule has 0 heterocycles. The van der Waals surface area contributed by atoms with Gasteiger partial charge < -0.3 is 22.5 Å². The Kier molecular flexibility index (Phi) is 19.3. The molecule has 7 N–H and O–H groups in total. The zero-order valence-electron chi connectivity index (χ0n) is 39.7. The topological polar surface area (TPSA) is 90.1 Å². The fourth-order valence-electron chi connectivity index (χ4n) is 8.17. The van der Waals surface area contributed by atoms with Crippen molar-refractivity contribution in [3.05, 3.63) is 283 Å². The molecular weight excluding hydrogens is 825 g/mol. The van der Waals surface area contributed by atoms with Crippen molar-refractivity contribution >= 4 is 5.69 Å². The molecule has 68 heavy (non-hydrogen) atoms. The second-order valence-corrected chi connectivity index (χ2v) is 16.3. The van der Waals surface area contributed by atoms with Gasteiger partial charge in [-0.05, 0) is 146 Å². The minimum absolute atomic E-state index is 0.212. The molecule has 1 atom stereocenters. The number of benzene rings is 8. The summed E-state index contributed by atoms with van der Waals surface area (Å²) in [5.74, 6) is 0. The highest BCUT2D eigenvalue weighted by molar-refractivity contribution is 5.76. The van der Waals surface area contributed by atoms with E-state index in [1.165, 1.54) is 61.2 Å². The molecule has 1 unspecified atom stereocenters. The zero-order chi connectivity index (χ0) is 47.9. The van der Waals surface area contributed by atoms with Gasteiger partial charge in [0.2, 0.25) is 0 Å². The van der Waals surface area contributed by atoms with E-state index in [0.29, 0.717) is 6.54 Å². The summed E-state index contributed by atoms with van der Waals surface area (Å²) < 4.78 is 0. The Bertz CT molecular complexity index is 2740. The Morgan fingerprint density at radius 1 is 0.515 bits per heavy atom. The molecule has 0 radical (unpaired) electrons. The summed E-state index contributed by atoms with van der Waals surface area (Å²) in [5.41, 5.74) is 37.9. The van der Waals surface area contributed by atoms with Crippen LogP contribution in [0.4, 0.5) is 5.69 Å². The lowest BCUT2D eigenvalue weighted by molar-refractivity contribution is 0.712. The smallest absolute Gasteiger partial charge is 0.0534 e. The van der Waals surface area contributed by atoms with Gasteiger partial charge in [0, 0.05) is 24.5 Å². The standard InChI is InChI=1S/C39H37N3.C19H17N.C4H6.C2H6/c40-37-20-9-7-18-32(37)23-28-12-11-13-29(22-28)27-42-38-21-10-8-19-36(38)39(41)35-25-33(30-14-3-1-4-15-30)24-34(26-35)31-16-5-2-6-17-31;20-14-15-11-18(16-7-3-1-4-8-16)13-19(12-15)17-9-5-2-6-10-17;1-3-4-2;1-2/h1-7,9-18,20-22,24-26,39,42H,8,19,23,27,40-41H2;1-13H,14,20H2;3-4H,1-2H2;1-2H3. The van der Waals surface area contributed by atoms with Crippen molar-refractivity contribution in [3.63, 3.8) is 0 Å². The molecule has 0 saturated carbocycles. The molecule has 4 nitrogen and oxygen atoms in total. The molecule has 1 aliphatic carbocycles. The van der Waals surface area contributed by atoms with Crippen molar-refractivity contribution in [2.45, 2.75) is 52.2 Å². The maximum absolute atomic E-state index is 7.10. The van der Waals surface area contributed by atoms with Crippen LogP contribution in [-0.2, 0) is 19.5 Å². The van der Waals surface area contributed by atoms with Gasteiger partial charge in [-0.15, -0.1) is 0 Å². The predicted molar refractivity (Wildman–Crippen MR) is 294 cm³/mol. The summed E-state index contributed by atoms with van der Waals surface area (Å²) in [4.78, 5) is 0. The average Bonchev–Trinajstić information content (AvgIpc) is 3.42. The van der Waals surface area contributed by atoms with Gasteiger partial charge in [0.25, 0.3) is 0 Å². The van der Waals surface area contributed by atoms with E-state index in [-0.39, 0.29) is 6.04 Å². The van der Waals surface area contributed by atoms with Crippen LogP contribution in [0.5, 0.6) is 0 Å². The molecular formula is C64H66N4. The number of hydrogen-bond donors (Lipinski definition) is 4. The highest BCUT2D eigenvalue weighted by atomic mass is 14.9. The minimum Gasteiger partial charge on any atom is -0.398 e. The van der Waals surface area contributed by atoms with Gasteiger partial charge in [-0.3, -0.25) is 0 Å². The number of nitrogens with one attached hydrogen (secondary N) is 1. The fraction of sp³-hybridized carbons (Fsp3) is 0.125. The number of rotatable bonds is 13. The number of nitrogens with two attached hydrogens (primary N) is 3. The third-order valence-electron chi connectivity index (χ3n) is 11.6. The predicted octanol–water partition coefficient (Wildman–Crippen LogP) is 15.5. The monoisotopic (exact) mass is 891 g/mol. The lowest BCUT2D eigenvalue weighted by atomic mass is 9.87. The molecule has 0 saturated heterocycles. The molecule has 4 heteroatoms. The molecule has 0 bridgehead atoms. The van der Waals surface area contributed by atoms with Crippen LogP contribution < -0.4 is 22.5 Å². The first-order valence-electron chi connectivity index (χ1n) is 23.7. The third-order valence-corrected chi connectivity index (χ3v) is 11.6. The van der Waals surface area contributed by atoms with Crippen LogP contribution in [0.3, 0.4) is 0 Å². The van der Waals surface area contributed by atoms with Crippen molar-refractivity contribution in [1.82, 2.24) is 5.32 Å². The van der Waals surface area contributed by atoms with Crippen molar-refractivity contribution in [2.75, 3.05) is 5.73 Å². The Morgan fingerprint density at radius 2 is 0.971 bits per heavy atom. The van der Waals surface area contributed by atoms with Crippen LogP contribution in [0.25, 0.3) is 44.5 Å². The molecule has 0 amide bonds. The van der Waals surface area contributed by atoms with Gasteiger partial charge >= 0.3 is 0 Å². The number of para-hydroxylation sites is 1. The first kappa shape index (κ1) is 49.7. The normalized spacial score (nSPS) is 11.9. The SMILES string of the molecule is C=CC=C.CC.NCc1cc(-c2ccccc2)cc(-c2ccccc2)c1.Nc1ccccc1Cc1cccc(CNC2=C(C(N)c3cc(-c4ccccc4)cc(-c4ccccc4)c3)CCC=C2)c1. The molecule has 9 rings (SSSR count). The molecule has 0 aromatic heterocycles. The third kappa shape index (κ3) is 14.1. The van der Waals surface area contributed by atoms with Crippen LogP contribution in [0, 0.1) is 0 Å². The second-order valence-electron chi connectivity index (χ2n) is 16.3. The summed E-state index contributed by atoms with van der Waals surface area (Å²) in [7, 11) is 0. The van der Waals surface area contributed by atoms with Gasteiger partial charge in [0.05, 0.1) is 6.04 Å². The van der Waals surface area contributed by atoms with Gasteiger partial charge in [0.15, 0.2) is 0 Å². The van der Waals surface area contributed by atoms with E-state index in [1.807, 2.05) is 44.2 Å². The fourth-order valence-corrected chi connectivity index (χ4v) is 8.17. The Labute approximate surface area is 405 Å². The summed E-state index contributed by atoms with van der Waals surface area (Å²) in [6.07, 6.45) is 10.5. The van der Waals surface area contributed by atoms with Crippen LogP contribution in [0.1, 0.15) is 60.5 Å². The molecule has 0 spiro atoms. The highest BCUT2D eigenvalue weighted by Gasteiger charge is 2.20.